The largest absolute Gasteiger partial charge is 0.481 e. The molecule has 0 saturated carbocycles. The monoisotopic (exact) mass is 495 g/mol. The Balaban J connectivity index is 6.69. The van der Waals surface area contributed by atoms with Crippen LogP contribution < -0.4 is 0 Å². The highest BCUT2D eigenvalue weighted by Gasteiger charge is 2.60. The van der Waals surface area contributed by atoms with Crippen molar-refractivity contribution in [3.63, 3.8) is 0 Å². The van der Waals surface area contributed by atoms with E-state index in [9.17, 15) is 62.2 Å². The Labute approximate surface area is 157 Å². The number of rotatable bonds is 12. The maximum absolute atomic E-state index is 11.7. The Morgan fingerprint density at radius 2 is 1.14 bits per heavy atom. The number of aliphatic carboxylic acids is 1. The molecule has 0 aliphatic carbocycles. The fourth-order valence-electron chi connectivity index (χ4n) is 2.20. The van der Waals surface area contributed by atoms with E-state index < -0.39 is 78.0 Å². The van der Waals surface area contributed by atoms with Crippen LogP contribution in [0.15, 0.2) is 0 Å². The van der Waals surface area contributed by atoms with Crippen molar-refractivity contribution in [2.24, 2.45) is 0 Å². The predicted molar refractivity (Wildman–Crippen MR) is 89.9 cm³/mol. The Morgan fingerprint density at radius 3 is 1.36 bits per heavy atom. The summed E-state index contributed by atoms with van der Waals surface area (Å²) in [5, 5.41) is 8.58. The number of carbonyl (C=O) groups is 1. The van der Waals surface area contributed by atoms with E-state index in [4.69, 9.17) is 9.84 Å². The molecule has 0 heterocycles. The standard InChI is InChI=1S/C8H21NO15P4/c1-2-5(24-4-3-6(10)11)9(7(25(12,13)14)26(15,16)17)8(27(18,19)20)28(21,22)23/h5,7-8H,2-4H2,1H3,(H,10,11)(H2,12,13,14)(H2,15,16,17)(H2,18,19,20)(H2,21,22,23). The summed E-state index contributed by atoms with van der Waals surface area (Å²) in [6.07, 6.45) is -3.38. The molecule has 16 nitrogen and oxygen atoms in total. The molecule has 0 radical (unpaired) electrons. The first-order chi connectivity index (χ1) is 12.2. The van der Waals surface area contributed by atoms with E-state index in [1.165, 1.54) is 0 Å². The molecule has 1 atom stereocenters. The van der Waals surface area contributed by atoms with Crippen molar-refractivity contribution in [2.75, 3.05) is 6.61 Å². The lowest BCUT2D eigenvalue weighted by molar-refractivity contribution is -0.140. The van der Waals surface area contributed by atoms with Crippen LogP contribution in [0.5, 0.6) is 0 Å². The summed E-state index contributed by atoms with van der Waals surface area (Å²) in [6.45, 7) is 0.361. The molecule has 1 unspecified atom stereocenters. The molecule has 0 aliphatic heterocycles. The SMILES string of the molecule is CCC(OCCC(=O)O)N(C(P(=O)(O)O)P(=O)(O)O)C(P(=O)(O)O)P(=O)(O)O. The predicted octanol–water partition coefficient (Wildman–Crippen LogP) is -1.21. The van der Waals surface area contributed by atoms with Crippen molar-refractivity contribution >= 4 is 36.4 Å². The van der Waals surface area contributed by atoms with Gasteiger partial charge < -0.3 is 49.0 Å². The molecule has 0 amide bonds. The Bertz CT molecular complexity index is 638. The third-order valence-electron chi connectivity index (χ3n) is 3.04. The molecule has 0 saturated heterocycles. The van der Waals surface area contributed by atoms with E-state index in [0.29, 0.717) is 0 Å². The summed E-state index contributed by atoms with van der Waals surface area (Å²) in [6, 6.07) is 0. The zero-order valence-corrected chi connectivity index (χ0v) is 17.6. The summed E-state index contributed by atoms with van der Waals surface area (Å²) in [5.41, 5.74) is -6.78. The number of ether oxygens (including phenoxy) is 1. The highest BCUT2D eigenvalue weighted by molar-refractivity contribution is 7.72. The van der Waals surface area contributed by atoms with Gasteiger partial charge in [0.05, 0.1) is 13.0 Å². The Morgan fingerprint density at radius 1 is 0.821 bits per heavy atom. The van der Waals surface area contributed by atoms with E-state index in [1.807, 2.05) is 0 Å². The summed E-state index contributed by atoms with van der Waals surface area (Å²) < 4.78 is 51.6. The molecule has 9 N–H and O–H groups in total. The van der Waals surface area contributed by atoms with Crippen molar-refractivity contribution in [1.29, 1.82) is 0 Å². The molecule has 20 heteroatoms. The minimum Gasteiger partial charge on any atom is -0.481 e. The van der Waals surface area contributed by atoms with Crippen molar-refractivity contribution in [3.05, 3.63) is 0 Å². The molecule has 168 valence electrons. The average molecular weight is 495 g/mol. The van der Waals surface area contributed by atoms with Gasteiger partial charge in [-0.15, -0.1) is 0 Å². The number of nitrogens with zero attached hydrogens (tertiary/aromatic N) is 1. The van der Waals surface area contributed by atoms with Crippen LogP contribution >= 0.6 is 30.4 Å². The lowest BCUT2D eigenvalue weighted by atomic mass is 10.4. The van der Waals surface area contributed by atoms with Crippen LogP contribution in [-0.4, -0.2) is 79.0 Å². The third kappa shape index (κ3) is 8.39. The highest BCUT2D eigenvalue weighted by atomic mass is 31.2. The highest BCUT2D eigenvalue weighted by Crippen LogP contribution is 2.69. The van der Waals surface area contributed by atoms with Crippen LogP contribution in [0.4, 0.5) is 0 Å². The summed E-state index contributed by atoms with van der Waals surface area (Å²) in [7, 11) is -23.9. The fraction of sp³-hybridized carbons (Fsp3) is 0.875. The van der Waals surface area contributed by atoms with E-state index in [0.717, 1.165) is 6.92 Å². The first-order valence-corrected chi connectivity index (χ1v) is 13.8. The summed E-state index contributed by atoms with van der Waals surface area (Å²) in [5.74, 6) is -1.43. The first-order valence-electron chi connectivity index (χ1n) is 7.06. The van der Waals surface area contributed by atoms with Gasteiger partial charge in [-0.1, -0.05) is 6.92 Å². The van der Waals surface area contributed by atoms with Gasteiger partial charge in [0.1, 0.15) is 6.23 Å². The van der Waals surface area contributed by atoms with Gasteiger partial charge in [-0.3, -0.25) is 23.1 Å². The maximum atomic E-state index is 11.7. The average Bonchev–Trinajstić information content (AvgIpc) is 2.36. The normalized spacial score (nSPS) is 15.4. The fourth-order valence-corrected chi connectivity index (χ4v) is 8.27. The topological polar surface area (TPSA) is 280 Å². The second-order valence-corrected chi connectivity index (χ2v) is 12.9. The second kappa shape index (κ2) is 9.86. The molecule has 0 aromatic heterocycles. The lowest BCUT2D eigenvalue weighted by Gasteiger charge is -2.41. The van der Waals surface area contributed by atoms with E-state index >= 15 is 0 Å². The van der Waals surface area contributed by atoms with Gasteiger partial charge in [0.15, 0.2) is 0 Å². The number of carboxylic acids is 1. The van der Waals surface area contributed by atoms with Gasteiger partial charge in [-0.05, 0) is 6.42 Å². The van der Waals surface area contributed by atoms with Gasteiger partial charge in [0.25, 0.3) is 0 Å². The van der Waals surface area contributed by atoms with Crippen molar-refractivity contribution < 1.29 is 72.0 Å². The van der Waals surface area contributed by atoms with Crippen LogP contribution in [0.3, 0.4) is 0 Å². The van der Waals surface area contributed by atoms with Gasteiger partial charge in [0, 0.05) is 0 Å². The van der Waals surface area contributed by atoms with Crippen molar-refractivity contribution in [1.82, 2.24) is 4.90 Å². The van der Waals surface area contributed by atoms with Crippen molar-refractivity contribution in [2.45, 2.75) is 37.0 Å². The van der Waals surface area contributed by atoms with Crippen LogP contribution in [0, 0.1) is 0 Å². The van der Waals surface area contributed by atoms with Gasteiger partial charge >= 0.3 is 36.4 Å². The molecular formula is C8H21NO15P4. The molecule has 0 rings (SSSR count). The molecule has 0 aromatic carbocycles. The van der Waals surface area contributed by atoms with Crippen molar-refractivity contribution in [3.8, 4) is 0 Å². The molecule has 0 fully saturated rings. The molecule has 0 aromatic rings. The minimum absolute atomic E-state index is 0.453. The molecule has 0 aliphatic rings. The quantitative estimate of drug-likeness (QED) is 0.113. The minimum atomic E-state index is -5.98. The van der Waals surface area contributed by atoms with Crippen LogP contribution in [0.25, 0.3) is 0 Å². The van der Waals surface area contributed by atoms with Crippen LogP contribution in [-0.2, 0) is 27.8 Å². The number of hydrogen-bond donors (Lipinski definition) is 9. The van der Waals surface area contributed by atoms with Gasteiger partial charge in [-0.2, -0.15) is 0 Å². The van der Waals surface area contributed by atoms with Gasteiger partial charge in [-0.25, -0.2) is 4.90 Å². The molecular weight excluding hydrogens is 474 g/mol. The van der Waals surface area contributed by atoms with Crippen LogP contribution in [0.1, 0.15) is 19.8 Å². The number of hydrogen-bond acceptors (Lipinski definition) is 7. The zero-order valence-electron chi connectivity index (χ0n) is 14.1. The van der Waals surface area contributed by atoms with Gasteiger partial charge in [0.2, 0.25) is 11.0 Å². The summed E-state index contributed by atoms with van der Waals surface area (Å²) >= 11 is 0. The Hall–Kier alpha value is -0.0100. The third-order valence-corrected chi connectivity index (χ3v) is 10.1. The summed E-state index contributed by atoms with van der Waals surface area (Å²) in [4.78, 5) is 84.8. The maximum Gasteiger partial charge on any atom is 0.355 e. The van der Waals surface area contributed by atoms with E-state index in [1.54, 1.807) is 0 Å². The molecule has 28 heavy (non-hydrogen) atoms. The lowest BCUT2D eigenvalue weighted by Crippen LogP contribution is -2.50. The van der Waals surface area contributed by atoms with E-state index in [-0.39, 0.29) is 0 Å². The Kier molecular flexibility index (Phi) is 9.86. The number of carboxylic acid groups (broad SMARTS) is 1. The first kappa shape index (κ1) is 28.0. The molecule has 0 bridgehead atoms. The zero-order chi connectivity index (χ0) is 22.7. The van der Waals surface area contributed by atoms with E-state index in [2.05, 4.69) is 0 Å². The smallest absolute Gasteiger partial charge is 0.355 e. The second-order valence-electron chi connectivity index (χ2n) is 5.37. The van der Waals surface area contributed by atoms with Crippen LogP contribution in [0.2, 0.25) is 0 Å². The molecule has 0 spiro atoms.